The molecule has 2 aliphatic heterocycles. The molecule has 3 heteroatoms. The van der Waals surface area contributed by atoms with Crippen LogP contribution in [0.15, 0.2) is 0 Å². The van der Waals surface area contributed by atoms with Crippen molar-refractivity contribution >= 4 is 0 Å². The van der Waals surface area contributed by atoms with Gasteiger partial charge < -0.3 is 10.1 Å². The molecule has 3 nitrogen and oxygen atoms in total. The second kappa shape index (κ2) is 6.55. The molecule has 0 radical (unpaired) electrons. The average Bonchev–Trinajstić information content (AvgIpc) is 2.98. The standard InChI is InChI=1S/C16H30N2O/c1-19-15-5-2-4-14(12-15)18-11-3-6-16(18)13-7-9-17-10-8-13/h13-17H,2-12H2,1H3. The van der Waals surface area contributed by atoms with Crippen molar-refractivity contribution in [2.24, 2.45) is 5.92 Å². The molecule has 19 heavy (non-hydrogen) atoms. The minimum atomic E-state index is 0.521. The molecule has 3 atom stereocenters. The van der Waals surface area contributed by atoms with Crippen LogP contribution in [0.3, 0.4) is 0 Å². The summed E-state index contributed by atoms with van der Waals surface area (Å²) in [5, 5.41) is 3.51. The number of likely N-dealkylation sites (tertiary alicyclic amines) is 1. The predicted octanol–water partition coefficient (Wildman–Crippen LogP) is 2.41. The van der Waals surface area contributed by atoms with Gasteiger partial charge in [-0.25, -0.2) is 0 Å². The second-order valence-electron chi connectivity index (χ2n) is 6.71. The third-order valence-electron chi connectivity index (χ3n) is 5.67. The van der Waals surface area contributed by atoms with Gasteiger partial charge in [-0.2, -0.15) is 0 Å². The van der Waals surface area contributed by atoms with Crippen LogP contribution < -0.4 is 5.32 Å². The van der Waals surface area contributed by atoms with Crippen LogP contribution in [0.5, 0.6) is 0 Å². The molecule has 3 rings (SSSR count). The summed E-state index contributed by atoms with van der Waals surface area (Å²) in [6.45, 7) is 3.82. The third kappa shape index (κ3) is 3.14. The maximum Gasteiger partial charge on any atom is 0.0586 e. The minimum Gasteiger partial charge on any atom is -0.381 e. The van der Waals surface area contributed by atoms with E-state index in [1.165, 1.54) is 71.0 Å². The number of hydrogen-bond acceptors (Lipinski definition) is 3. The summed E-state index contributed by atoms with van der Waals surface area (Å²) in [5.74, 6) is 0.951. The van der Waals surface area contributed by atoms with E-state index < -0.39 is 0 Å². The van der Waals surface area contributed by atoms with Gasteiger partial charge in [0, 0.05) is 19.2 Å². The topological polar surface area (TPSA) is 24.5 Å². The number of piperidine rings is 1. The van der Waals surface area contributed by atoms with E-state index in [-0.39, 0.29) is 0 Å². The summed E-state index contributed by atoms with van der Waals surface area (Å²) >= 11 is 0. The second-order valence-corrected chi connectivity index (χ2v) is 6.71. The van der Waals surface area contributed by atoms with E-state index in [2.05, 4.69) is 10.2 Å². The Balaban J connectivity index is 1.61. The van der Waals surface area contributed by atoms with Crippen molar-refractivity contribution in [3.8, 4) is 0 Å². The number of methoxy groups -OCH3 is 1. The monoisotopic (exact) mass is 266 g/mol. The lowest BCUT2D eigenvalue weighted by Crippen LogP contribution is -2.48. The Morgan fingerprint density at radius 1 is 1.00 bits per heavy atom. The van der Waals surface area contributed by atoms with Crippen molar-refractivity contribution in [2.45, 2.75) is 69.6 Å². The van der Waals surface area contributed by atoms with E-state index in [4.69, 9.17) is 4.74 Å². The molecule has 3 aliphatic rings. The van der Waals surface area contributed by atoms with Crippen LogP contribution in [0.4, 0.5) is 0 Å². The van der Waals surface area contributed by atoms with E-state index in [9.17, 15) is 0 Å². The van der Waals surface area contributed by atoms with E-state index in [0.29, 0.717) is 6.10 Å². The molecule has 0 bridgehead atoms. The lowest BCUT2D eigenvalue weighted by atomic mass is 9.86. The highest BCUT2D eigenvalue weighted by Gasteiger charge is 2.37. The SMILES string of the molecule is COC1CCCC(N2CCCC2C2CCNCC2)C1. The van der Waals surface area contributed by atoms with Crippen LogP contribution in [0.2, 0.25) is 0 Å². The van der Waals surface area contributed by atoms with Crippen molar-refractivity contribution in [3.05, 3.63) is 0 Å². The number of nitrogens with zero attached hydrogens (tertiary/aromatic N) is 1. The lowest BCUT2D eigenvalue weighted by molar-refractivity contribution is 0.0141. The van der Waals surface area contributed by atoms with E-state index >= 15 is 0 Å². The highest BCUT2D eigenvalue weighted by molar-refractivity contribution is 4.92. The largest absolute Gasteiger partial charge is 0.381 e. The molecular formula is C16H30N2O. The van der Waals surface area contributed by atoms with Crippen LogP contribution in [0.1, 0.15) is 51.4 Å². The first kappa shape index (κ1) is 13.8. The summed E-state index contributed by atoms with van der Waals surface area (Å²) in [6.07, 6.45) is 11.5. The smallest absolute Gasteiger partial charge is 0.0586 e. The van der Waals surface area contributed by atoms with Gasteiger partial charge in [0.05, 0.1) is 6.10 Å². The maximum absolute atomic E-state index is 5.63. The summed E-state index contributed by atoms with van der Waals surface area (Å²) in [4.78, 5) is 2.88. The summed E-state index contributed by atoms with van der Waals surface area (Å²) < 4.78 is 5.63. The Hall–Kier alpha value is -0.120. The van der Waals surface area contributed by atoms with Gasteiger partial charge >= 0.3 is 0 Å². The van der Waals surface area contributed by atoms with Crippen LogP contribution in [0.25, 0.3) is 0 Å². The first-order valence-electron chi connectivity index (χ1n) is 8.37. The summed E-state index contributed by atoms with van der Waals surface area (Å²) in [7, 11) is 1.89. The Kier molecular flexibility index (Phi) is 4.78. The van der Waals surface area contributed by atoms with Gasteiger partial charge in [-0.3, -0.25) is 4.90 Å². The normalized spacial score (nSPS) is 38.7. The first-order chi connectivity index (χ1) is 9.38. The number of nitrogens with one attached hydrogen (secondary N) is 1. The van der Waals surface area contributed by atoms with Gasteiger partial charge in [0.1, 0.15) is 0 Å². The van der Waals surface area contributed by atoms with Crippen LogP contribution in [-0.2, 0) is 4.74 Å². The maximum atomic E-state index is 5.63. The molecule has 0 amide bonds. The van der Waals surface area contributed by atoms with Crippen molar-refractivity contribution in [1.29, 1.82) is 0 Å². The number of hydrogen-bond donors (Lipinski definition) is 1. The molecule has 1 N–H and O–H groups in total. The summed E-state index contributed by atoms with van der Waals surface area (Å²) in [6, 6.07) is 1.68. The van der Waals surface area contributed by atoms with Gasteiger partial charge in [-0.15, -0.1) is 0 Å². The minimum absolute atomic E-state index is 0.521. The lowest BCUT2D eigenvalue weighted by Gasteiger charge is -2.41. The van der Waals surface area contributed by atoms with E-state index in [1.54, 1.807) is 0 Å². The Morgan fingerprint density at radius 2 is 1.84 bits per heavy atom. The third-order valence-corrected chi connectivity index (χ3v) is 5.67. The molecule has 0 aromatic carbocycles. The van der Waals surface area contributed by atoms with Crippen LogP contribution >= 0.6 is 0 Å². The molecule has 0 aromatic rings. The van der Waals surface area contributed by atoms with Gasteiger partial charge in [-0.1, -0.05) is 0 Å². The molecule has 3 unspecified atom stereocenters. The van der Waals surface area contributed by atoms with Gasteiger partial charge in [-0.05, 0) is 76.9 Å². The van der Waals surface area contributed by atoms with Crippen molar-refractivity contribution < 1.29 is 4.74 Å². The fourth-order valence-corrected chi connectivity index (χ4v) is 4.64. The molecule has 2 saturated heterocycles. The average molecular weight is 266 g/mol. The van der Waals surface area contributed by atoms with Crippen LogP contribution in [0, 0.1) is 5.92 Å². The fraction of sp³-hybridized carbons (Fsp3) is 1.00. The molecule has 1 aliphatic carbocycles. The predicted molar refractivity (Wildman–Crippen MR) is 78.4 cm³/mol. The van der Waals surface area contributed by atoms with Crippen molar-refractivity contribution in [1.82, 2.24) is 10.2 Å². The molecule has 1 saturated carbocycles. The molecule has 2 heterocycles. The van der Waals surface area contributed by atoms with Crippen LogP contribution in [-0.4, -0.2) is 49.8 Å². The zero-order valence-electron chi connectivity index (χ0n) is 12.4. The Labute approximate surface area is 118 Å². The van der Waals surface area contributed by atoms with Gasteiger partial charge in [0.2, 0.25) is 0 Å². The number of ether oxygens (including phenoxy) is 1. The number of rotatable bonds is 3. The van der Waals surface area contributed by atoms with Gasteiger partial charge in [0.25, 0.3) is 0 Å². The zero-order valence-corrected chi connectivity index (χ0v) is 12.4. The Bertz CT molecular complexity index is 278. The highest BCUT2D eigenvalue weighted by atomic mass is 16.5. The molecule has 0 spiro atoms. The quantitative estimate of drug-likeness (QED) is 0.849. The molecule has 110 valence electrons. The highest BCUT2D eigenvalue weighted by Crippen LogP contribution is 2.35. The zero-order chi connectivity index (χ0) is 13.1. The summed E-state index contributed by atoms with van der Waals surface area (Å²) in [5.41, 5.74) is 0. The molecular weight excluding hydrogens is 236 g/mol. The molecule has 3 fully saturated rings. The fourth-order valence-electron chi connectivity index (χ4n) is 4.64. The van der Waals surface area contributed by atoms with E-state index in [1.807, 2.05) is 7.11 Å². The van der Waals surface area contributed by atoms with E-state index in [0.717, 1.165) is 18.0 Å². The van der Waals surface area contributed by atoms with Crippen molar-refractivity contribution in [3.63, 3.8) is 0 Å². The first-order valence-corrected chi connectivity index (χ1v) is 8.37. The Morgan fingerprint density at radius 3 is 2.63 bits per heavy atom. The van der Waals surface area contributed by atoms with Crippen molar-refractivity contribution in [2.75, 3.05) is 26.7 Å². The van der Waals surface area contributed by atoms with Gasteiger partial charge in [0.15, 0.2) is 0 Å². The molecule has 0 aromatic heterocycles.